The molecule has 0 spiro atoms. The molecular weight excluding hydrogens is 218 g/mol. The molecule has 3 nitrogen and oxygen atoms in total. The number of rotatable bonds is 4. The third-order valence-corrected chi connectivity index (χ3v) is 4.14. The lowest BCUT2D eigenvalue weighted by Crippen LogP contribution is -2.42. The van der Waals surface area contributed by atoms with Crippen LogP contribution in [0, 0.1) is 0 Å². The lowest BCUT2D eigenvalue weighted by molar-refractivity contribution is 0.403. The van der Waals surface area contributed by atoms with Crippen molar-refractivity contribution >= 4 is 16.5 Å². The highest BCUT2D eigenvalue weighted by Crippen LogP contribution is 2.20. The fraction of sp³-hybridized carbons (Fsp3) is 0.750. The summed E-state index contributed by atoms with van der Waals surface area (Å²) in [5, 5.41) is 6.90. The average Bonchev–Trinajstić information content (AvgIpc) is 2.79. The highest BCUT2D eigenvalue weighted by Gasteiger charge is 2.16. The number of nitrogens with one attached hydrogen (secondary N) is 1. The maximum Gasteiger partial charge on any atom is 0.185 e. The Hall–Kier alpha value is -0.610. The number of hydrogen-bond acceptors (Lipinski definition) is 4. The summed E-state index contributed by atoms with van der Waals surface area (Å²) >= 11 is 1.76. The number of likely N-dealkylation sites (N-methyl/N-ethyl adjacent to an activating group) is 1. The SMILES string of the molecule is CCc1csc(N(C)CC2CCCCN2)n1. The maximum absolute atomic E-state index is 4.61. The van der Waals surface area contributed by atoms with Gasteiger partial charge in [-0.25, -0.2) is 4.98 Å². The summed E-state index contributed by atoms with van der Waals surface area (Å²) in [5.41, 5.74) is 1.21. The minimum absolute atomic E-state index is 0.646. The normalized spacial score (nSPS) is 21.0. The molecule has 1 aliphatic heterocycles. The second kappa shape index (κ2) is 5.64. The van der Waals surface area contributed by atoms with Crippen molar-refractivity contribution in [1.29, 1.82) is 0 Å². The van der Waals surface area contributed by atoms with Crippen molar-refractivity contribution in [2.45, 2.75) is 38.6 Å². The Morgan fingerprint density at radius 1 is 1.56 bits per heavy atom. The number of aryl methyl sites for hydroxylation is 1. The van der Waals surface area contributed by atoms with Crippen molar-refractivity contribution < 1.29 is 0 Å². The third kappa shape index (κ3) is 2.95. The summed E-state index contributed by atoms with van der Waals surface area (Å²) < 4.78 is 0. The molecule has 16 heavy (non-hydrogen) atoms. The van der Waals surface area contributed by atoms with Crippen LogP contribution >= 0.6 is 11.3 Å². The third-order valence-electron chi connectivity index (χ3n) is 3.14. The lowest BCUT2D eigenvalue weighted by Gasteiger charge is -2.27. The van der Waals surface area contributed by atoms with E-state index in [4.69, 9.17) is 0 Å². The first-order valence-corrected chi connectivity index (χ1v) is 7.06. The fourth-order valence-corrected chi connectivity index (χ4v) is 3.01. The maximum atomic E-state index is 4.61. The van der Waals surface area contributed by atoms with Crippen LogP contribution in [0.5, 0.6) is 0 Å². The molecule has 0 aromatic carbocycles. The molecule has 1 unspecified atom stereocenters. The predicted molar refractivity (Wildman–Crippen MR) is 70.4 cm³/mol. The van der Waals surface area contributed by atoms with Crippen molar-refractivity contribution in [3.63, 3.8) is 0 Å². The first-order valence-electron chi connectivity index (χ1n) is 6.18. The van der Waals surface area contributed by atoms with E-state index >= 15 is 0 Å². The van der Waals surface area contributed by atoms with Crippen LogP contribution in [0.3, 0.4) is 0 Å². The van der Waals surface area contributed by atoms with E-state index < -0.39 is 0 Å². The Morgan fingerprint density at radius 2 is 2.44 bits per heavy atom. The van der Waals surface area contributed by atoms with Crippen molar-refractivity contribution in [3.8, 4) is 0 Å². The standard InChI is InChI=1S/C12H21N3S/c1-3-10-9-16-12(14-10)15(2)8-11-6-4-5-7-13-11/h9,11,13H,3-8H2,1-2H3. The topological polar surface area (TPSA) is 28.2 Å². The van der Waals surface area contributed by atoms with Crippen LogP contribution in [0.4, 0.5) is 5.13 Å². The van der Waals surface area contributed by atoms with Crippen LogP contribution in [-0.4, -0.2) is 31.2 Å². The molecule has 1 aromatic heterocycles. The minimum atomic E-state index is 0.646. The molecule has 1 N–H and O–H groups in total. The van der Waals surface area contributed by atoms with Crippen LogP contribution < -0.4 is 10.2 Å². The van der Waals surface area contributed by atoms with Gasteiger partial charge in [0.05, 0.1) is 5.69 Å². The van der Waals surface area contributed by atoms with Gasteiger partial charge in [0, 0.05) is 25.0 Å². The van der Waals surface area contributed by atoms with Gasteiger partial charge in [0.25, 0.3) is 0 Å². The van der Waals surface area contributed by atoms with Crippen molar-refractivity contribution in [2.75, 3.05) is 25.0 Å². The Morgan fingerprint density at radius 3 is 3.06 bits per heavy atom. The molecule has 0 bridgehead atoms. The van der Waals surface area contributed by atoms with E-state index in [9.17, 15) is 0 Å². The molecule has 1 saturated heterocycles. The number of hydrogen-bond donors (Lipinski definition) is 1. The van der Waals surface area contributed by atoms with Crippen LogP contribution in [-0.2, 0) is 6.42 Å². The zero-order valence-electron chi connectivity index (χ0n) is 10.2. The molecule has 2 heterocycles. The quantitative estimate of drug-likeness (QED) is 0.874. The molecule has 0 radical (unpaired) electrons. The number of nitrogens with zero attached hydrogens (tertiary/aromatic N) is 2. The number of aromatic nitrogens is 1. The predicted octanol–water partition coefficient (Wildman–Crippen LogP) is 2.28. The van der Waals surface area contributed by atoms with Gasteiger partial charge in [-0.1, -0.05) is 13.3 Å². The lowest BCUT2D eigenvalue weighted by atomic mass is 10.1. The van der Waals surface area contributed by atoms with E-state index in [1.54, 1.807) is 11.3 Å². The van der Waals surface area contributed by atoms with E-state index in [0.717, 1.165) is 18.1 Å². The van der Waals surface area contributed by atoms with Gasteiger partial charge in [0.15, 0.2) is 5.13 Å². The number of thiazole rings is 1. The molecule has 90 valence electrons. The molecule has 1 fully saturated rings. The van der Waals surface area contributed by atoms with Crippen molar-refractivity contribution in [3.05, 3.63) is 11.1 Å². The molecule has 0 saturated carbocycles. The number of anilines is 1. The highest BCUT2D eigenvalue weighted by atomic mass is 32.1. The largest absolute Gasteiger partial charge is 0.350 e. The van der Waals surface area contributed by atoms with Gasteiger partial charge in [-0.3, -0.25) is 0 Å². The van der Waals surface area contributed by atoms with Crippen LogP contribution in [0.25, 0.3) is 0 Å². The Balaban J connectivity index is 1.88. The Bertz CT molecular complexity index is 318. The van der Waals surface area contributed by atoms with Gasteiger partial charge in [0.1, 0.15) is 0 Å². The highest BCUT2D eigenvalue weighted by molar-refractivity contribution is 7.13. The van der Waals surface area contributed by atoms with Crippen LogP contribution in [0.1, 0.15) is 31.9 Å². The first-order chi connectivity index (χ1) is 7.79. The summed E-state index contributed by atoms with van der Waals surface area (Å²) in [5.74, 6) is 0. The van der Waals surface area contributed by atoms with Gasteiger partial charge in [0.2, 0.25) is 0 Å². The van der Waals surface area contributed by atoms with E-state index in [1.807, 2.05) is 0 Å². The van der Waals surface area contributed by atoms with Crippen molar-refractivity contribution in [2.24, 2.45) is 0 Å². The second-order valence-electron chi connectivity index (χ2n) is 4.50. The molecule has 1 aliphatic rings. The summed E-state index contributed by atoms with van der Waals surface area (Å²) in [6.07, 6.45) is 5.03. The van der Waals surface area contributed by atoms with Gasteiger partial charge < -0.3 is 10.2 Å². The van der Waals surface area contributed by atoms with Crippen LogP contribution in [0.2, 0.25) is 0 Å². The Labute approximate surface area is 102 Å². The zero-order valence-corrected chi connectivity index (χ0v) is 11.0. The molecule has 4 heteroatoms. The van der Waals surface area contributed by atoms with E-state index in [0.29, 0.717) is 6.04 Å². The Kier molecular flexibility index (Phi) is 4.18. The zero-order chi connectivity index (χ0) is 11.4. The monoisotopic (exact) mass is 239 g/mol. The summed E-state index contributed by atoms with van der Waals surface area (Å²) in [7, 11) is 2.15. The van der Waals surface area contributed by atoms with Gasteiger partial charge in [-0.2, -0.15) is 0 Å². The molecule has 0 aliphatic carbocycles. The fourth-order valence-electron chi connectivity index (χ4n) is 2.12. The first kappa shape index (κ1) is 11.9. The molecule has 1 atom stereocenters. The van der Waals surface area contributed by atoms with Gasteiger partial charge >= 0.3 is 0 Å². The smallest absolute Gasteiger partial charge is 0.185 e. The molecular formula is C12H21N3S. The molecule has 0 amide bonds. The number of piperidine rings is 1. The van der Waals surface area contributed by atoms with E-state index in [1.165, 1.54) is 31.5 Å². The summed E-state index contributed by atoms with van der Waals surface area (Å²) in [4.78, 5) is 6.90. The van der Waals surface area contributed by atoms with E-state index in [2.05, 4.69) is 34.6 Å². The molecule has 1 aromatic rings. The summed E-state index contributed by atoms with van der Waals surface area (Å²) in [6.45, 7) is 4.41. The van der Waals surface area contributed by atoms with Crippen molar-refractivity contribution in [1.82, 2.24) is 10.3 Å². The van der Waals surface area contributed by atoms with Gasteiger partial charge in [-0.05, 0) is 25.8 Å². The summed E-state index contributed by atoms with van der Waals surface area (Å²) in [6, 6.07) is 0.646. The molecule has 2 rings (SSSR count). The van der Waals surface area contributed by atoms with E-state index in [-0.39, 0.29) is 0 Å². The minimum Gasteiger partial charge on any atom is -0.350 e. The average molecular weight is 239 g/mol. The second-order valence-corrected chi connectivity index (χ2v) is 5.34. The van der Waals surface area contributed by atoms with Gasteiger partial charge in [-0.15, -0.1) is 11.3 Å². The van der Waals surface area contributed by atoms with Crippen LogP contribution in [0.15, 0.2) is 5.38 Å².